The highest BCUT2D eigenvalue weighted by atomic mass is 32.2. The molecule has 4 N–H and O–H groups in total. The molecule has 0 spiro atoms. The molecule has 24 heavy (non-hydrogen) atoms. The van der Waals surface area contributed by atoms with Gasteiger partial charge in [0.1, 0.15) is 11.6 Å². The largest absolute Gasteiger partial charge is 0.382 e. The molecule has 1 atom stereocenters. The molecule has 0 saturated carbocycles. The van der Waals surface area contributed by atoms with Gasteiger partial charge in [-0.3, -0.25) is 10.1 Å². The van der Waals surface area contributed by atoms with Crippen LogP contribution in [0.2, 0.25) is 0 Å². The first-order valence-electron chi connectivity index (χ1n) is 7.13. The molecular weight excluding hydrogens is 327 g/mol. The number of anilines is 1. The van der Waals surface area contributed by atoms with Gasteiger partial charge in [-0.05, 0) is 28.8 Å². The average Bonchev–Trinajstić information content (AvgIpc) is 2.56. The Morgan fingerprint density at radius 2 is 1.83 bits per heavy atom. The van der Waals surface area contributed by atoms with E-state index in [1.165, 1.54) is 18.5 Å². The predicted molar refractivity (Wildman–Crippen MR) is 93.3 cm³/mol. The zero-order valence-corrected chi connectivity index (χ0v) is 13.5. The Bertz CT molecular complexity index is 899. The van der Waals surface area contributed by atoms with Crippen molar-refractivity contribution < 1.29 is 8.60 Å². The van der Waals surface area contributed by atoms with Crippen LogP contribution in [0.1, 0.15) is 5.56 Å². The van der Waals surface area contributed by atoms with Crippen molar-refractivity contribution in [3.63, 3.8) is 0 Å². The van der Waals surface area contributed by atoms with Crippen molar-refractivity contribution in [3.8, 4) is 22.4 Å². The molecule has 1 unspecified atom stereocenters. The van der Waals surface area contributed by atoms with Crippen molar-refractivity contribution >= 4 is 16.8 Å². The summed E-state index contributed by atoms with van der Waals surface area (Å²) in [6.45, 7) is 0. The highest BCUT2D eigenvalue weighted by molar-refractivity contribution is 7.81. The predicted octanol–water partition coefficient (Wildman–Crippen LogP) is 2.65. The average molecular weight is 342 g/mol. The number of nitrogen functional groups attached to an aromatic ring is 1. The fraction of sp³-hybridized carbons (Fsp3) is 0.0588. The molecule has 0 aliphatic carbocycles. The molecule has 0 bridgehead atoms. The van der Waals surface area contributed by atoms with Gasteiger partial charge in [-0.2, -0.15) is 0 Å². The lowest BCUT2D eigenvalue weighted by molar-refractivity contribution is 0.631. The van der Waals surface area contributed by atoms with E-state index in [9.17, 15) is 8.60 Å². The molecule has 2 aromatic carbocycles. The molecule has 7 heteroatoms. The van der Waals surface area contributed by atoms with Gasteiger partial charge in [0.05, 0.1) is 34.8 Å². The minimum atomic E-state index is -1.47. The smallest absolute Gasteiger partial charge is 0.141 e. The van der Waals surface area contributed by atoms with E-state index in [2.05, 4.69) is 9.97 Å². The molecule has 0 radical (unpaired) electrons. The summed E-state index contributed by atoms with van der Waals surface area (Å²) in [6, 6.07) is 12.2. The first-order chi connectivity index (χ1) is 11.5. The summed E-state index contributed by atoms with van der Waals surface area (Å²) in [5.41, 5.74) is 8.52. The van der Waals surface area contributed by atoms with Crippen LogP contribution < -0.4 is 10.9 Å². The van der Waals surface area contributed by atoms with Gasteiger partial charge in [-0.25, -0.2) is 13.6 Å². The summed E-state index contributed by atoms with van der Waals surface area (Å²) < 4.78 is 25.9. The molecule has 3 aromatic rings. The van der Waals surface area contributed by atoms with E-state index < -0.39 is 16.8 Å². The molecule has 1 heterocycles. The molecule has 0 aliphatic heterocycles. The standard InChI is InChI=1S/C17H15FN4OS/c18-15-7-11(13-4-2-1-3-12(13)10-24(20)23)5-6-14(15)16-8-22-17(19)9-21-16/h1-9H,10,20H2,(H2,19,22). The van der Waals surface area contributed by atoms with Crippen molar-refractivity contribution in [1.29, 1.82) is 0 Å². The SMILES string of the molecule is Nc1cnc(-c2ccc(-c3ccccc3CS(N)=O)cc2F)cn1. The number of benzene rings is 2. The van der Waals surface area contributed by atoms with Crippen LogP contribution in [0.5, 0.6) is 0 Å². The van der Waals surface area contributed by atoms with Gasteiger partial charge in [0.2, 0.25) is 0 Å². The first-order valence-corrected chi connectivity index (χ1v) is 8.51. The van der Waals surface area contributed by atoms with Gasteiger partial charge >= 0.3 is 0 Å². The lowest BCUT2D eigenvalue weighted by Crippen LogP contribution is -2.06. The lowest BCUT2D eigenvalue weighted by Gasteiger charge is -2.10. The van der Waals surface area contributed by atoms with Crippen LogP contribution in [0.25, 0.3) is 22.4 Å². The number of rotatable bonds is 4. The quantitative estimate of drug-likeness (QED) is 0.762. The first kappa shape index (κ1) is 16.2. The Morgan fingerprint density at radius 3 is 2.50 bits per heavy atom. The fourth-order valence-corrected chi connectivity index (χ4v) is 3.01. The van der Waals surface area contributed by atoms with Crippen molar-refractivity contribution in [2.45, 2.75) is 5.75 Å². The topological polar surface area (TPSA) is 94.9 Å². The maximum absolute atomic E-state index is 14.5. The van der Waals surface area contributed by atoms with Gasteiger partial charge in [-0.1, -0.05) is 30.3 Å². The van der Waals surface area contributed by atoms with Gasteiger partial charge in [0.15, 0.2) is 0 Å². The van der Waals surface area contributed by atoms with Gasteiger partial charge in [0, 0.05) is 5.56 Å². The van der Waals surface area contributed by atoms with E-state index >= 15 is 0 Å². The molecule has 3 rings (SSSR count). The van der Waals surface area contributed by atoms with Crippen molar-refractivity contribution in [2.75, 3.05) is 5.73 Å². The molecule has 0 saturated heterocycles. The fourth-order valence-electron chi connectivity index (χ4n) is 2.45. The minimum absolute atomic E-state index is 0.211. The van der Waals surface area contributed by atoms with Crippen LogP contribution in [0.4, 0.5) is 10.2 Å². The van der Waals surface area contributed by atoms with Crippen molar-refractivity contribution in [2.24, 2.45) is 5.14 Å². The number of nitrogens with two attached hydrogens (primary N) is 2. The van der Waals surface area contributed by atoms with E-state index in [-0.39, 0.29) is 11.6 Å². The summed E-state index contributed by atoms with van der Waals surface area (Å²) in [6.07, 6.45) is 2.81. The molecule has 1 aromatic heterocycles. The monoisotopic (exact) mass is 342 g/mol. The zero-order valence-electron chi connectivity index (χ0n) is 12.6. The Labute approximate surface area is 141 Å². The Morgan fingerprint density at radius 1 is 1.04 bits per heavy atom. The van der Waals surface area contributed by atoms with Crippen LogP contribution in [0.3, 0.4) is 0 Å². The summed E-state index contributed by atoms with van der Waals surface area (Å²) in [7, 11) is -1.47. The van der Waals surface area contributed by atoms with Crippen LogP contribution in [0.15, 0.2) is 54.9 Å². The second-order valence-electron chi connectivity index (χ2n) is 5.20. The molecule has 0 aliphatic rings. The lowest BCUT2D eigenvalue weighted by atomic mass is 9.98. The third kappa shape index (κ3) is 3.47. The van der Waals surface area contributed by atoms with Gasteiger partial charge < -0.3 is 5.73 Å². The Balaban J connectivity index is 2.02. The third-order valence-corrected chi connectivity index (χ3v) is 4.14. The van der Waals surface area contributed by atoms with Crippen LogP contribution in [0, 0.1) is 5.82 Å². The Hall–Kier alpha value is -2.64. The highest BCUT2D eigenvalue weighted by Crippen LogP contribution is 2.29. The van der Waals surface area contributed by atoms with E-state index in [0.717, 1.165) is 11.1 Å². The normalized spacial score (nSPS) is 12.1. The molecule has 0 amide bonds. The number of nitrogens with zero attached hydrogens (tertiary/aromatic N) is 2. The second kappa shape index (κ2) is 6.86. The van der Waals surface area contributed by atoms with E-state index in [1.807, 2.05) is 24.3 Å². The highest BCUT2D eigenvalue weighted by Gasteiger charge is 2.11. The molecular formula is C17H15FN4OS. The number of aromatic nitrogens is 2. The Kier molecular flexibility index (Phi) is 4.64. The number of hydrogen-bond acceptors (Lipinski definition) is 4. The molecule has 0 fully saturated rings. The van der Waals surface area contributed by atoms with Crippen LogP contribution in [-0.4, -0.2) is 14.2 Å². The maximum Gasteiger partial charge on any atom is 0.141 e. The van der Waals surface area contributed by atoms with Gasteiger partial charge in [-0.15, -0.1) is 0 Å². The van der Waals surface area contributed by atoms with Crippen LogP contribution >= 0.6 is 0 Å². The van der Waals surface area contributed by atoms with E-state index in [4.69, 9.17) is 10.9 Å². The van der Waals surface area contributed by atoms with Crippen molar-refractivity contribution in [3.05, 3.63) is 66.2 Å². The summed E-state index contributed by atoms with van der Waals surface area (Å²) >= 11 is 0. The molecule has 5 nitrogen and oxygen atoms in total. The van der Waals surface area contributed by atoms with E-state index in [1.54, 1.807) is 12.1 Å². The summed E-state index contributed by atoms with van der Waals surface area (Å²) in [5, 5.41) is 5.39. The summed E-state index contributed by atoms with van der Waals surface area (Å²) in [4.78, 5) is 8.01. The maximum atomic E-state index is 14.5. The van der Waals surface area contributed by atoms with E-state index in [0.29, 0.717) is 16.8 Å². The summed E-state index contributed by atoms with van der Waals surface area (Å²) in [5.74, 6) is 0.0675. The molecule has 122 valence electrons. The third-order valence-electron chi connectivity index (χ3n) is 3.54. The van der Waals surface area contributed by atoms with Crippen molar-refractivity contribution in [1.82, 2.24) is 9.97 Å². The minimum Gasteiger partial charge on any atom is -0.382 e. The number of hydrogen-bond donors (Lipinski definition) is 2. The van der Waals surface area contributed by atoms with Crippen LogP contribution in [-0.2, 0) is 16.7 Å². The number of halogens is 1. The zero-order chi connectivity index (χ0) is 17.1. The second-order valence-corrected chi connectivity index (χ2v) is 6.25. The van der Waals surface area contributed by atoms with Gasteiger partial charge in [0.25, 0.3) is 0 Å².